The number of anilines is 1. The zero-order valence-corrected chi connectivity index (χ0v) is 11.0. The van der Waals surface area contributed by atoms with Crippen LogP contribution in [0.2, 0.25) is 0 Å². The van der Waals surface area contributed by atoms with Crippen LogP contribution < -0.4 is 5.73 Å². The molecule has 0 saturated heterocycles. The highest BCUT2D eigenvalue weighted by molar-refractivity contribution is 5.95. The van der Waals surface area contributed by atoms with Crippen LogP contribution in [0.15, 0.2) is 12.1 Å². The van der Waals surface area contributed by atoms with Crippen molar-refractivity contribution in [3.63, 3.8) is 0 Å². The number of nitrogens with zero attached hydrogens (tertiary/aromatic N) is 1. The lowest BCUT2D eigenvalue weighted by atomic mass is 9.85. The van der Waals surface area contributed by atoms with Gasteiger partial charge in [-0.1, -0.05) is 6.42 Å². The molecule has 2 N–H and O–H groups in total. The maximum absolute atomic E-state index is 13.8. The maximum atomic E-state index is 13.8. The number of rotatable bonds is 4. The van der Waals surface area contributed by atoms with Gasteiger partial charge in [0.05, 0.1) is 11.3 Å². The molecule has 0 heterocycles. The van der Waals surface area contributed by atoms with E-state index in [1.807, 2.05) is 6.92 Å². The van der Waals surface area contributed by atoms with Crippen molar-refractivity contribution in [3.8, 4) is 0 Å². The molecule has 0 bridgehead atoms. The first-order valence-corrected chi connectivity index (χ1v) is 6.56. The smallest absolute Gasteiger partial charge is 0.257 e. The molecule has 1 fully saturated rings. The molecule has 5 heteroatoms. The summed E-state index contributed by atoms with van der Waals surface area (Å²) in [5.41, 5.74) is 4.74. The second kappa shape index (κ2) is 5.55. The van der Waals surface area contributed by atoms with Gasteiger partial charge in [-0.3, -0.25) is 4.79 Å². The van der Waals surface area contributed by atoms with Crippen LogP contribution in [0.4, 0.5) is 14.5 Å². The lowest BCUT2D eigenvalue weighted by Crippen LogP contribution is -2.37. The van der Waals surface area contributed by atoms with E-state index in [2.05, 4.69) is 0 Å². The molecule has 19 heavy (non-hydrogen) atoms. The molecule has 0 aromatic heterocycles. The van der Waals surface area contributed by atoms with E-state index in [-0.39, 0.29) is 11.3 Å². The average molecular weight is 268 g/mol. The summed E-state index contributed by atoms with van der Waals surface area (Å²) < 4.78 is 27.1. The van der Waals surface area contributed by atoms with Gasteiger partial charge >= 0.3 is 0 Å². The van der Waals surface area contributed by atoms with Gasteiger partial charge in [0.1, 0.15) is 5.82 Å². The third kappa shape index (κ3) is 2.85. The Morgan fingerprint density at radius 2 is 2.11 bits per heavy atom. The molecule has 0 radical (unpaired) electrons. The third-order valence-electron chi connectivity index (χ3n) is 3.67. The number of nitrogen functional groups attached to an aromatic ring is 1. The Labute approximate surface area is 111 Å². The Morgan fingerprint density at radius 3 is 2.63 bits per heavy atom. The minimum Gasteiger partial charge on any atom is -0.396 e. The summed E-state index contributed by atoms with van der Waals surface area (Å²) in [6.07, 6.45) is 3.37. The molecule has 3 nitrogen and oxygen atoms in total. The van der Waals surface area contributed by atoms with Crippen molar-refractivity contribution in [1.82, 2.24) is 4.90 Å². The summed E-state index contributed by atoms with van der Waals surface area (Å²) in [7, 11) is 0. The second-order valence-corrected chi connectivity index (χ2v) is 5.00. The van der Waals surface area contributed by atoms with Crippen LogP contribution in [0.5, 0.6) is 0 Å². The monoisotopic (exact) mass is 268 g/mol. The van der Waals surface area contributed by atoms with Crippen molar-refractivity contribution in [2.75, 3.05) is 18.8 Å². The van der Waals surface area contributed by atoms with Crippen molar-refractivity contribution in [2.24, 2.45) is 5.92 Å². The number of halogens is 2. The zero-order chi connectivity index (χ0) is 14.0. The Kier molecular flexibility index (Phi) is 4.02. The lowest BCUT2D eigenvalue weighted by molar-refractivity contribution is 0.0701. The van der Waals surface area contributed by atoms with E-state index in [1.54, 1.807) is 4.90 Å². The van der Waals surface area contributed by atoms with Gasteiger partial charge in [-0.25, -0.2) is 8.78 Å². The highest BCUT2D eigenvalue weighted by Gasteiger charge is 2.25. The molecule has 104 valence electrons. The van der Waals surface area contributed by atoms with E-state index < -0.39 is 17.5 Å². The Morgan fingerprint density at radius 1 is 1.42 bits per heavy atom. The van der Waals surface area contributed by atoms with Gasteiger partial charge < -0.3 is 10.6 Å². The maximum Gasteiger partial charge on any atom is 0.257 e. The number of carbonyl (C=O) groups excluding carboxylic acids is 1. The van der Waals surface area contributed by atoms with E-state index >= 15 is 0 Å². The Balaban J connectivity index is 2.21. The molecule has 0 atom stereocenters. The summed E-state index contributed by atoms with van der Waals surface area (Å²) in [5.74, 6) is -1.53. The van der Waals surface area contributed by atoms with E-state index in [0.29, 0.717) is 19.0 Å². The third-order valence-corrected chi connectivity index (χ3v) is 3.67. The van der Waals surface area contributed by atoms with Gasteiger partial charge in [-0.15, -0.1) is 0 Å². The predicted molar refractivity (Wildman–Crippen MR) is 69.7 cm³/mol. The van der Waals surface area contributed by atoms with E-state index in [4.69, 9.17) is 5.73 Å². The van der Waals surface area contributed by atoms with Crippen LogP contribution in [-0.2, 0) is 0 Å². The van der Waals surface area contributed by atoms with Crippen LogP contribution >= 0.6 is 0 Å². The van der Waals surface area contributed by atoms with Crippen molar-refractivity contribution in [3.05, 3.63) is 29.3 Å². The summed E-state index contributed by atoms with van der Waals surface area (Å²) in [5, 5.41) is 0. The Hall–Kier alpha value is -1.65. The number of nitrogens with two attached hydrogens (primary N) is 1. The van der Waals surface area contributed by atoms with Gasteiger partial charge in [-0.05, 0) is 37.8 Å². The minimum absolute atomic E-state index is 0.279. The fourth-order valence-corrected chi connectivity index (χ4v) is 2.28. The highest BCUT2D eigenvalue weighted by atomic mass is 19.1. The molecule has 1 aliphatic rings. The van der Waals surface area contributed by atoms with Crippen molar-refractivity contribution < 1.29 is 13.6 Å². The van der Waals surface area contributed by atoms with Crippen molar-refractivity contribution in [1.29, 1.82) is 0 Å². The normalized spacial score (nSPS) is 15.1. The fourth-order valence-electron chi connectivity index (χ4n) is 2.28. The number of amides is 1. The molecule has 1 aliphatic carbocycles. The van der Waals surface area contributed by atoms with E-state index in [1.165, 1.54) is 6.42 Å². The molecular formula is C14H18F2N2O. The summed E-state index contributed by atoms with van der Waals surface area (Å²) >= 11 is 0. The molecule has 0 aliphatic heterocycles. The average Bonchev–Trinajstić information content (AvgIpc) is 2.32. The van der Waals surface area contributed by atoms with Gasteiger partial charge in [0, 0.05) is 13.1 Å². The van der Waals surface area contributed by atoms with Crippen LogP contribution in [0.3, 0.4) is 0 Å². The molecule has 2 rings (SSSR count). The van der Waals surface area contributed by atoms with Gasteiger partial charge in [0.2, 0.25) is 0 Å². The van der Waals surface area contributed by atoms with Crippen LogP contribution in [0.1, 0.15) is 36.5 Å². The van der Waals surface area contributed by atoms with E-state index in [9.17, 15) is 13.6 Å². The first kappa shape index (κ1) is 13.8. The highest BCUT2D eigenvalue weighted by Crippen LogP contribution is 2.28. The van der Waals surface area contributed by atoms with Crippen LogP contribution in [0, 0.1) is 17.6 Å². The van der Waals surface area contributed by atoms with Crippen molar-refractivity contribution in [2.45, 2.75) is 26.2 Å². The predicted octanol–water partition coefficient (Wildman–Crippen LogP) is 2.81. The fraction of sp³-hybridized carbons (Fsp3) is 0.500. The van der Waals surface area contributed by atoms with Gasteiger partial charge in [-0.2, -0.15) is 0 Å². The van der Waals surface area contributed by atoms with Gasteiger partial charge in [0.25, 0.3) is 5.91 Å². The molecule has 1 amide bonds. The number of hydrogen-bond donors (Lipinski definition) is 1. The molecule has 1 aromatic carbocycles. The Bertz CT molecular complexity index is 487. The molecular weight excluding hydrogens is 250 g/mol. The SMILES string of the molecule is CCN(CC1CCC1)C(=O)c1cc(F)cc(N)c1F. The zero-order valence-electron chi connectivity index (χ0n) is 11.0. The minimum atomic E-state index is -0.835. The lowest BCUT2D eigenvalue weighted by Gasteiger charge is -2.32. The largest absolute Gasteiger partial charge is 0.396 e. The summed E-state index contributed by atoms with van der Waals surface area (Å²) in [6.45, 7) is 2.91. The quantitative estimate of drug-likeness (QED) is 0.853. The van der Waals surface area contributed by atoms with Crippen LogP contribution in [0.25, 0.3) is 0 Å². The summed E-state index contributed by atoms with van der Waals surface area (Å²) in [4.78, 5) is 13.8. The van der Waals surface area contributed by atoms with Gasteiger partial charge in [0.15, 0.2) is 5.82 Å². The number of carbonyl (C=O) groups is 1. The second-order valence-electron chi connectivity index (χ2n) is 5.00. The molecule has 0 spiro atoms. The topological polar surface area (TPSA) is 46.3 Å². The van der Waals surface area contributed by atoms with Crippen LogP contribution in [-0.4, -0.2) is 23.9 Å². The van der Waals surface area contributed by atoms with E-state index in [0.717, 1.165) is 25.0 Å². The molecule has 0 unspecified atom stereocenters. The first-order valence-electron chi connectivity index (χ1n) is 6.56. The molecule has 1 aromatic rings. The molecule has 1 saturated carbocycles. The first-order chi connectivity index (χ1) is 9.02. The number of hydrogen-bond acceptors (Lipinski definition) is 2. The van der Waals surface area contributed by atoms with Crippen molar-refractivity contribution >= 4 is 11.6 Å². The number of benzene rings is 1. The summed E-state index contributed by atoms with van der Waals surface area (Å²) in [6, 6.07) is 1.80. The standard InChI is InChI=1S/C14H18F2N2O/c1-2-18(8-9-4-3-5-9)14(19)11-6-10(15)7-12(17)13(11)16/h6-7,9H,2-5,8,17H2,1H3.